The summed E-state index contributed by atoms with van der Waals surface area (Å²) in [5.74, 6) is 3.35. The van der Waals surface area contributed by atoms with Crippen molar-refractivity contribution in [2.75, 3.05) is 12.9 Å². The van der Waals surface area contributed by atoms with Crippen molar-refractivity contribution in [2.24, 2.45) is 17.8 Å². The van der Waals surface area contributed by atoms with Crippen molar-refractivity contribution in [1.82, 2.24) is 0 Å². The van der Waals surface area contributed by atoms with Crippen molar-refractivity contribution >= 4 is 24.9 Å². The normalized spacial score (nSPS) is 42.9. The van der Waals surface area contributed by atoms with E-state index in [9.17, 15) is 4.79 Å². The highest BCUT2D eigenvalue weighted by Gasteiger charge is 2.51. The lowest BCUT2D eigenvalue weighted by molar-refractivity contribution is -0.560. The van der Waals surface area contributed by atoms with Crippen LogP contribution in [0.2, 0.25) is 19.0 Å². The maximum Gasteiger partial charge on any atom is 0.361 e. The van der Waals surface area contributed by atoms with Crippen molar-refractivity contribution in [2.45, 2.75) is 44.3 Å². The number of hydrogen-bond acceptors (Lipinski definition) is 3. The van der Waals surface area contributed by atoms with Crippen LogP contribution in [0, 0.1) is 17.8 Å². The highest BCUT2D eigenvalue weighted by molar-refractivity contribution is 7.80. The third kappa shape index (κ3) is 2.20. The fourth-order valence-electron chi connectivity index (χ4n) is 5.65. The zero-order valence-electron chi connectivity index (χ0n) is 11.2. The molecule has 102 valence electrons. The molecule has 0 spiro atoms. The lowest BCUT2D eigenvalue weighted by Gasteiger charge is -2.59. The van der Waals surface area contributed by atoms with Crippen LogP contribution in [0.4, 0.5) is 0 Å². The Bertz CT molecular complexity index is 315. The van der Waals surface area contributed by atoms with Gasteiger partial charge in [-0.15, -0.1) is 19.0 Å². The first-order chi connectivity index (χ1) is 8.64. The van der Waals surface area contributed by atoms with Gasteiger partial charge < -0.3 is 9.96 Å². The molecule has 4 fully saturated rings. The van der Waals surface area contributed by atoms with E-state index in [1.54, 1.807) is 0 Å². The van der Waals surface area contributed by atoms with Crippen molar-refractivity contribution < 1.29 is 14.8 Å². The van der Waals surface area contributed by atoms with E-state index in [2.05, 4.69) is 17.9 Å². The molecule has 0 aromatic carbocycles. The zero-order valence-corrected chi connectivity index (χ0v) is 12.1. The fourth-order valence-corrected chi connectivity index (χ4v) is 5.93. The van der Waals surface area contributed by atoms with Crippen molar-refractivity contribution in [1.29, 1.82) is 0 Å². The number of thiol groups is 1. The maximum absolute atomic E-state index is 11.8. The smallest absolute Gasteiger partial charge is 0.361 e. The summed E-state index contributed by atoms with van der Waals surface area (Å²) in [6, 6.07) is -0.0883. The van der Waals surface area contributed by atoms with Gasteiger partial charge in [0.15, 0.2) is 6.04 Å². The van der Waals surface area contributed by atoms with Crippen molar-refractivity contribution in [3.05, 3.63) is 0 Å². The Hall–Kier alpha value is -0.155. The molecule has 4 bridgehead atoms. The van der Waals surface area contributed by atoms with E-state index < -0.39 is 6.28 Å². The van der Waals surface area contributed by atoms with Crippen LogP contribution in [0.15, 0.2) is 0 Å². The fraction of sp³-hybridized carbons (Fsp3) is 0.923. The van der Waals surface area contributed by atoms with Gasteiger partial charge in [0.1, 0.15) is 0 Å². The molecule has 2 N–H and O–H groups in total. The van der Waals surface area contributed by atoms with E-state index in [4.69, 9.17) is 4.74 Å². The van der Waals surface area contributed by atoms with Crippen LogP contribution in [-0.2, 0) is 9.53 Å². The zero-order chi connectivity index (χ0) is 12.8. The van der Waals surface area contributed by atoms with Crippen LogP contribution in [0.1, 0.15) is 19.3 Å². The van der Waals surface area contributed by atoms with Crippen molar-refractivity contribution in [3.8, 4) is 0 Å². The Morgan fingerprint density at radius 1 is 1.28 bits per heavy atom. The predicted molar refractivity (Wildman–Crippen MR) is 76.1 cm³/mol. The molecule has 1 aliphatic carbocycles. The number of methoxy groups -OCH3 is 1. The number of ether oxygens (including phenoxy) is 1. The molecular weight excluding hydrogens is 245 g/mol. The standard InChI is InChI=1S/C13H24BNO2S/c1-17-13(16)12(8-18)15-14-5-9-2-10(6-14)4-11(3-9)7-14/h9-12,18H,2-8,15H2,1H3/t9?,10?,11?,12-,14?/m0/s1. The summed E-state index contributed by atoms with van der Waals surface area (Å²) in [4.78, 5) is 11.8. The minimum absolute atomic E-state index is 0.0883. The molecule has 0 unspecified atom stereocenters. The monoisotopic (exact) mass is 269 g/mol. The summed E-state index contributed by atoms with van der Waals surface area (Å²) >= 11 is 4.34. The third-order valence-electron chi connectivity index (χ3n) is 5.75. The second-order valence-corrected chi connectivity index (χ2v) is 7.46. The van der Waals surface area contributed by atoms with Crippen LogP contribution in [-0.4, -0.2) is 31.2 Å². The molecule has 5 heteroatoms. The van der Waals surface area contributed by atoms with E-state index in [0.29, 0.717) is 5.75 Å². The predicted octanol–water partition coefficient (Wildman–Crippen LogP) is 1.03. The minimum atomic E-state index is -0.396. The van der Waals surface area contributed by atoms with E-state index in [1.807, 2.05) is 0 Å². The maximum atomic E-state index is 11.8. The Kier molecular flexibility index (Phi) is 3.39. The average molecular weight is 269 g/mol. The first-order valence-electron chi connectivity index (χ1n) is 7.40. The van der Waals surface area contributed by atoms with E-state index in [0.717, 1.165) is 17.8 Å². The van der Waals surface area contributed by atoms with Gasteiger partial charge >= 0.3 is 5.97 Å². The van der Waals surface area contributed by atoms with E-state index >= 15 is 0 Å². The largest absolute Gasteiger partial charge is 0.524 e. The number of esters is 1. The molecule has 4 rings (SSSR count). The molecular formula is C13H24BNO2S. The van der Waals surface area contributed by atoms with Crippen LogP contribution in [0.5, 0.6) is 0 Å². The van der Waals surface area contributed by atoms with Crippen molar-refractivity contribution in [3.63, 3.8) is 0 Å². The number of carbonyl (C=O) groups is 1. The summed E-state index contributed by atoms with van der Waals surface area (Å²) in [7, 11) is 1.49. The number of hydrogen-bond donors (Lipinski definition) is 2. The Balaban J connectivity index is 1.73. The van der Waals surface area contributed by atoms with Gasteiger partial charge in [0.05, 0.1) is 7.11 Å². The molecule has 3 heterocycles. The Morgan fingerprint density at radius 2 is 1.78 bits per heavy atom. The molecule has 4 aliphatic rings. The molecule has 0 aromatic rings. The Morgan fingerprint density at radius 3 is 2.17 bits per heavy atom. The summed E-state index contributed by atoms with van der Waals surface area (Å²) in [5.41, 5.74) is 0. The number of nitrogens with two attached hydrogens (primary N) is 1. The van der Waals surface area contributed by atoms with Gasteiger partial charge in [0.25, 0.3) is 0 Å². The van der Waals surface area contributed by atoms with E-state index in [1.165, 1.54) is 45.3 Å². The molecule has 3 saturated heterocycles. The summed E-state index contributed by atoms with van der Waals surface area (Å²) in [6.45, 7) is 0. The van der Waals surface area contributed by atoms with Gasteiger partial charge in [-0.2, -0.15) is 12.6 Å². The lowest BCUT2D eigenvalue weighted by atomic mass is 9.18. The highest BCUT2D eigenvalue weighted by Crippen LogP contribution is 2.53. The first-order valence-corrected chi connectivity index (χ1v) is 8.03. The molecule has 0 radical (unpaired) electrons. The van der Waals surface area contributed by atoms with Gasteiger partial charge in [-0.25, -0.2) is 4.79 Å². The third-order valence-corrected chi connectivity index (χ3v) is 6.14. The van der Waals surface area contributed by atoms with Crippen LogP contribution >= 0.6 is 12.6 Å². The van der Waals surface area contributed by atoms with Gasteiger partial charge in [0, 0.05) is 5.75 Å². The SMILES string of the molecule is COC(=O)[C@H](CS)[NH2+][B-]12CC3CC(CC(C3)C1)C2. The summed E-state index contributed by atoms with van der Waals surface area (Å²) in [5, 5.41) is 2.38. The van der Waals surface area contributed by atoms with Crippen LogP contribution in [0.25, 0.3) is 0 Å². The van der Waals surface area contributed by atoms with Gasteiger partial charge in [0.2, 0.25) is 6.28 Å². The molecule has 1 atom stereocenters. The number of quaternary nitrogens is 1. The van der Waals surface area contributed by atoms with E-state index in [-0.39, 0.29) is 12.0 Å². The molecule has 18 heavy (non-hydrogen) atoms. The number of carbonyl (C=O) groups excluding carboxylic acids is 1. The van der Waals surface area contributed by atoms with Gasteiger partial charge in [-0.3, -0.25) is 0 Å². The highest BCUT2D eigenvalue weighted by atomic mass is 32.1. The van der Waals surface area contributed by atoms with Crippen LogP contribution < -0.4 is 5.23 Å². The summed E-state index contributed by atoms with van der Waals surface area (Å²) in [6.07, 6.45) is 8.08. The molecule has 3 aliphatic heterocycles. The lowest BCUT2D eigenvalue weighted by Crippen LogP contribution is -3.07. The average Bonchev–Trinajstić information content (AvgIpc) is 2.33. The second-order valence-electron chi connectivity index (χ2n) is 7.09. The topological polar surface area (TPSA) is 42.9 Å². The number of rotatable bonds is 4. The molecule has 3 nitrogen and oxygen atoms in total. The quantitative estimate of drug-likeness (QED) is 0.455. The molecule has 0 amide bonds. The molecule has 0 aromatic heterocycles. The minimum Gasteiger partial charge on any atom is -0.524 e. The van der Waals surface area contributed by atoms with Crippen LogP contribution in [0.3, 0.4) is 0 Å². The first kappa shape index (κ1) is 12.9. The van der Waals surface area contributed by atoms with Gasteiger partial charge in [-0.1, -0.05) is 37.0 Å². The van der Waals surface area contributed by atoms with Gasteiger partial charge in [-0.05, 0) is 0 Å². The second kappa shape index (κ2) is 4.75. The molecule has 1 saturated carbocycles. The summed E-state index contributed by atoms with van der Waals surface area (Å²) < 4.78 is 4.91. The Labute approximate surface area is 115 Å².